The van der Waals surface area contributed by atoms with Crippen LogP contribution in [-0.2, 0) is 27.2 Å². The third kappa shape index (κ3) is 8.63. The van der Waals surface area contributed by atoms with E-state index in [0.29, 0.717) is 39.8 Å². The van der Waals surface area contributed by atoms with E-state index in [0.717, 1.165) is 43.8 Å². The average molecular weight is 511 g/mol. The van der Waals surface area contributed by atoms with Crippen molar-refractivity contribution in [1.29, 1.82) is 0 Å². The van der Waals surface area contributed by atoms with Crippen LogP contribution in [0.3, 0.4) is 0 Å². The zero-order chi connectivity index (χ0) is 17.0. The Hall–Kier alpha value is 0.219. The molecular formula is C19H30O5Yb. The van der Waals surface area contributed by atoms with E-state index in [1.165, 1.54) is 11.1 Å². The fraction of sp³-hybridized carbons (Fsp3) is 0.684. The number of ether oxygens (including phenoxy) is 5. The Bertz CT molecular complexity index is 481. The quantitative estimate of drug-likeness (QED) is 0.378. The van der Waals surface area contributed by atoms with Gasteiger partial charge in [-0.05, 0) is 36.1 Å². The van der Waals surface area contributed by atoms with Crippen molar-refractivity contribution in [2.24, 2.45) is 0 Å². The molecule has 25 heavy (non-hydrogen) atoms. The van der Waals surface area contributed by atoms with Crippen LogP contribution in [0.2, 0.25) is 0 Å². The van der Waals surface area contributed by atoms with Crippen molar-refractivity contribution in [2.75, 3.05) is 39.8 Å². The van der Waals surface area contributed by atoms with Crippen LogP contribution in [-0.4, -0.2) is 39.8 Å². The first-order valence-corrected chi connectivity index (χ1v) is 8.99. The van der Waals surface area contributed by atoms with Crippen LogP contribution in [0.1, 0.15) is 44.2 Å². The first-order valence-electron chi connectivity index (χ1n) is 8.99. The molecule has 0 aromatic heterocycles. The minimum atomic E-state index is 0. The number of hydrogen-bond acceptors (Lipinski definition) is 5. The van der Waals surface area contributed by atoms with Crippen LogP contribution >= 0.6 is 0 Å². The fourth-order valence-corrected chi connectivity index (χ4v) is 2.53. The molecule has 0 spiro atoms. The Morgan fingerprint density at radius 3 is 2.04 bits per heavy atom. The van der Waals surface area contributed by atoms with Gasteiger partial charge in [0.1, 0.15) is 0 Å². The zero-order valence-electron chi connectivity index (χ0n) is 15.2. The number of unbranched alkanes of at least 4 members (excludes halogenated alkanes) is 1. The van der Waals surface area contributed by atoms with Crippen molar-refractivity contribution >= 4 is 0 Å². The molecule has 1 aliphatic rings. The molecule has 0 N–H and O–H groups in total. The Kier molecular flexibility index (Phi) is 13.3. The zero-order valence-corrected chi connectivity index (χ0v) is 17.0. The average Bonchev–Trinajstić information content (AvgIpc) is 3.04. The van der Waals surface area contributed by atoms with Gasteiger partial charge in [0.25, 0.3) is 0 Å². The summed E-state index contributed by atoms with van der Waals surface area (Å²) >= 11 is 0. The third-order valence-corrected chi connectivity index (χ3v) is 3.86. The molecule has 1 heterocycles. The van der Waals surface area contributed by atoms with Crippen molar-refractivity contribution < 1.29 is 70.6 Å². The van der Waals surface area contributed by atoms with Gasteiger partial charge in [0.05, 0.1) is 33.0 Å². The number of aryl methyl sites for hydroxylation is 1. The molecule has 0 bridgehead atoms. The smallest absolute Gasteiger partial charge is 0.231 e. The second kappa shape index (κ2) is 14.3. The van der Waals surface area contributed by atoms with Crippen LogP contribution in [0, 0.1) is 46.9 Å². The SMILES string of the molecule is CCCCOCCOCCOCc1cc2c(cc1CCC)OCO2.[Yb]. The van der Waals surface area contributed by atoms with Crippen LogP contribution < -0.4 is 9.47 Å². The van der Waals surface area contributed by atoms with E-state index in [2.05, 4.69) is 19.9 Å². The second-order valence-corrected chi connectivity index (χ2v) is 5.86. The van der Waals surface area contributed by atoms with E-state index in [9.17, 15) is 0 Å². The summed E-state index contributed by atoms with van der Waals surface area (Å²) in [7, 11) is 0. The molecular weight excluding hydrogens is 481 g/mol. The molecule has 0 aliphatic carbocycles. The van der Waals surface area contributed by atoms with E-state index in [4.69, 9.17) is 23.7 Å². The first kappa shape index (κ1) is 23.3. The van der Waals surface area contributed by atoms with Gasteiger partial charge in [-0.3, -0.25) is 0 Å². The summed E-state index contributed by atoms with van der Waals surface area (Å²) in [4.78, 5) is 0. The summed E-state index contributed by atoms with van der Waals surface area (Å²) in [6.45, 7) is 8.47. The van der Waals surface area contributed by atoms with Gasteiger partial charge in [-0.1, -0.05) is 26.7 Å². The molecule has 0 saturated carbocycles. The molecule has 0 radical (unpaired) electrons. The summed E-state index contributed by atoms with van der Waals surface area (Å²) in [5.74, 6) is 1.66. The largest absolute Gasteiger partial charge is 0.454 e. The van der Waals surface area contributed by atoms with Gasteiger partial charge in [0.2, 0.25) is 6.79 Å². The van der Waals surface area contributed by atoms with Gasteiger partial charge in [-0.2, -0.15) is 0 Å². The van der Waals surface area contributed by atoms with E-state index in [1.807, 2.05) is 6.07 Å². The normalized spacial score (nSPS) is 12.2. The molecule has 1 aromatic carbocycles. The molecule has 2 rings (SSSR count). The van der Waals surface area contributed by atoms with Crippen molar-refractivity contribution in [3.63, 3.8) is 0 Å². The van der Waals surface area contributed by atoms with Gasteiger partial charge < -0.3 is 23.7 Å². The number of rotatable bonds is 13. The third-order valence-electron chi connectivity index (χ3n) is 3.86. The van der Waals surface area contributed by atoms with Crippen molar-refractivity contribution in [2.45, 2.75) is 46.1 Å². The molecule has 0 atom stereocenters. The topological polar surface area (TPSA) is 46.2 Å². The minimum Gasteiger partial charge on any atom is -0.454 e. The van der Waals surface area contributed by atoms with Crippen molar-refractivity contribution in [3.05, 3.63) is 23.3 Å². The Balaban J connectivity index is 0.00000312. The molecule has 1 aliphatic heterocycles. The Morgan fingerprint density at radius 1 is 0.800 bits per heavy atom. The summed E-state index contributed by atoms with van der Waals surface area (Å²) in [5.41, 5.74) is 2.44. The van der Waals surface area contributed by atoms with Crippen LogP contribution in [0.15, 0.2) is 12.1 Å². The number of benzene rings is 1. The van der Waals surface area contributed by atoms with E-state index in [1.54, 1.807) is 0 Å². The van der Waals surface area contributed by atoms with Crippen LogP contribution in [0.25, 0.3) is 0 Å². The molecule has 0 saturated heterocycles. The second-order valence-electron chi connectivity index (χ2n) is 5.86. The van der Waals surface area contributed by atoms with E-state index >= 15 is 0 Å². The maximum absolute atomic E-state index is 5.75. The standard InChI is InChI=1S/C19H30O5.Yb/c1-3-5-7-20-8-9-21-10-11-22-14-17-13-19-18(23-15-24-19)12-16(17)6-4-2;/h12-13H,3-11,14-15H2,1-2H3;. The van der Waals surface area contributed by atoms with Gasteiger partial charge >= 0.3 is 0 Å². The van der Waals surface area contributed by atoms with Gasteiger partial charge in [-0.25, -0.2) is 0 Å². The monoisotopic (exact) mass is 512 g/mol. The Labute approximate surface area is 189 Å². The van der Waals surface area contributed by atoms with Crippen molar-refractivity contribution in [1.82, 2.24) is 0 Å². The predicted octanol–water partition coefficient (Wildman–Crippen LogP) is 3.72. The Morgan fingerprint density at radius 2 is 1.40 bits per heavy atom. The molecule has 0 amide bonds. The number of fused-ring (bicyclic) bond motifs is 1. The first-order chi connectivity index (χ1) is 11.8. The molecule has 6 heteroatoms. The van der Waals surface area contributed by atoms with Crippen molar-refractivity contribution in [3.8, 4) is 11.5 Å². The van der Waals surface area contributed by atoms with Gasteiger partial charge in [0, 0.05) is 53.5 Å². The summed E-state index contributed by atoms with van der Waals surface area (Å²) < 4.78 is 27.6. The van der Waals surface area contributed by atoms with Crippen LogP contribution in [0.5, 0.6) is 11.5 Å². The summed E-state index contributed by atoms with van der Waals surface area (Å²) in [6.07, 6.45) is 4.38. The summed E-state index contributed by atoms with van der Waals surface area (Å²) in [5, 5.41) is 0. The summed E-state index contributed by atoms with van der Waals surface area (Å²) in [6, 6.07) is 4.12. The minimum absolute atomic E-state index is 0. The number of hydrogen-bond donors (Lipinski definition) is 0. The van der Waals surface area contributed by atoms with Gasteiger partial charge in [-0.15, -0.1) is 0 Å². The molecule has 0 fully saturated rings. The maximum atomic E-state index is 5.75. The van der Waals surface area contributed by atoms with Gasteiger partial charge in [0.15, 0.2) is 11.5 Å². The molecule has 150 valence electrons. The molecule has 1 aromatic rings. The maximum Gasteiger partial charge on any atom is 0.231 e. The molecule has 0 unspecified atom stereocenters. The van der Waals surface area contributed by atoms with E-state index < -0.39 is 0 Å². The van der Waals surface area contributed by atoms with Crippen LogP contribution in [0.4, 0.5) is 0 Å². The fourth-order valence-electron chi connectivity index (χ4n) is 2.53. The van der Waals surface area contributed by atoms with E-state index in [-0.39, 0.29) is 46.9 Å². The molecule has 5 nitrogen and oxygen atoms in total. The predicted molar refractivity (Wildman–Crippen MR) is 92.8 cm³/mol.